The van der Waals surface area contributed by atoms with Gasteiger partial charge in [0, 0.05) is 31.4 Å². The number of carbonyl (C=O) groups excluding carboxylic acids is 4. The Hall–Kier alpha value is -2.63. The van der Waals surface area contributed by atoms with Gasteiger partial charge in [-0.1, -0.05) is 37.0 Å². The Balaban J connectivity index is 2.16. The first-order valence-electron chi connectivity index (χ1n) is 11.3. The summed E-state index contributed by atoms with van der Waals surface area (Å²) in [6.45, 7) is 3.41. The van der Waals surface area contributed by atoms with Crippen LogP contribution < -0.4 is 5.32 Å². The molecule has 196 valence electrons. The second kappa shape index (κ2) is 12.6. The summed E-state index contributed by atoms with van der Waals surface area (Å²) in [5, 5.41) is 12.8. The average Bonchev–Trinajstić information content (AvgIpc) is 2.77. The molecule has 0 unspecified atom stereocenters. The predicted octanol–water partition coefficient (Wildman–Crippen LogP) is 2.85. The molecule has 0 radical (unpaired) electrons. The molecule has 1 aliphatic heterocycles. The lowest BCUT2D eigenvalue weighted by atomic mass is 9.63. The summed E-state index contributed by atoms with van der Waals surface area (Å²) in [6, 6.07) is 4.36. The molecule has 2 rings (SSSR count). The Morgan fingerprint density at radius 3 is 2.47 bits per heavy atom. The second-order valence-corrected chi connectivity index (χ2v) is 10.2. The highest BCUT2D eigenvalue weighted by atomic mass is 35.5. The van der Waals surface area contributed by atoms with E-state index in [2.05, 4.69) is 5.32 Å². The smallest absolute Gasteiger partial charge is 0.509 e. The SMILES string of the molecule is CC(C)C[C@H](CC(=O)CNC(=O)c1cc(Cl)ccc1Cl)B1OC(=O)C[C@@](CC(=O)N(C)C)(C(=O)O)O1. The van der Waals surface area contributed by atoms with Gasteiger partial charge >= 0.3 is 13.1 Å². The molecule has 1 aromatic carbocycles. The molecule has 1 heterocycles. The molecule has 0 aliphatic carbocycles. The van der Waals surface area contributed by atoms with Gasteiger partial charge in [0.15, 0.2) is 11.4 Å². The average molecular weight is 543 g/mol. The largest absolute Gasteiger partial charge is 0.531 e. The Morgan fingerprint density at radius 1 is 1.22 bits per heavy atom. The van der Waals surface area contributed by atoms with Crippen LogP contribution >= 0.6 is 23.2 Å². The number of benzene rings is 1. The van der Waals surface area contributed by atoms with Gasteiger partial charge in [-0.25, -0.2) is 4.79 Å². The first-order chi connectivity index (χ1) is 16.7. The number of carboxylic acids is 1. The van der Waals surface area contributed by atoms with E-state index in [1.165, 1.54) is 37.2 Å². The van der Waals surface area contributed by atoms with Crippen LogP contribution in [0.2, 0.25) is 15.9 Å². The second-order valence-electron chi connectivity index (χ2n) is 9.36. The summed E-state index contributed by atoms with van der Waals surface area (Å²) < 4.78 is 11.1. The number of ketones is 1. The molecule has 0 saturated carbocycles. The summed E-state index contributed by atoms with van der Waals surface area (Å²) in [7, 11) is 1.56. The third kappa shape index (κ3) is 7.94. The van der Waals surface area contributed by atoms with Crippen molar-refractivity contribution >= 4 is 59.9 Å². The Morgan fingerprint density at radius 2 is 1.89 bits per heavy atom. The number of Topliss-reactive ketones (excluding diaryl/α,β-unsaturated/α-hetero) is 1. The fourth-order valence-electron chi connectivity index (χ4n) is 3.80. The first-order valence-corrected chi connectivity index (χ1v) is 12.1. The van der Waals surface area contributed by atoms with E-state index < -0.39 is 60.9 Å². The van der Waals surface area contributed by atoms with Crippen LogP contribution in [0.15, 0.2) is 18.2 Å². The molecule has 2 N–H and O–H groups in total. The maximum atomic E-state index is 12.8. The molecule has 1 aliphatic rings. The normalized spacial score (nSPS) is 18.4. The van der Waals surface area contributed by atoms with E-state index in [0.29, 0.717) is 11.4 Å². The molecule has 0 bridgehead atoms. The lowest BCUT2D eigenvalue weighted by Crippen LogP contribution is -2.56. The van der Waals surface area contributed by atoms with Crippen LogP contribution in [-0.4, -0.2) is 72.9 Å². The van der Waals surface area contributed by atoms with Gasteiger partial charge in [0.1, 0.15) is 0 Å². The third-order valence-corrected chi connectivity index (χ3v) is 6.18. The number of halogens is 2. The van der Waals surface area contributed by atoms with Gasteiger partial charge in [0.25, 0.3) is 11.9 Å². The molecular weight excluding hydrogens is 514 g/mol. The van der Waals surface area contributed by atoms with E-state index in [1.807, 2.05) is 13.8 Å². The number of rotatable bonds is 11. The molecule has 0 aromatic heterocycles. The zero-order valence-electron chi connectivity index (χ0n) is 20.5. The summed E-state index contributed by atoms with van der Waals surface area (Å²) in [6.07, 6.45) is -1.02. The molecule has 2 amide bonds. The summed E-state index contributed by atoms with van der Waals surface area (Å²) in [4.78, 5) is 63.2. The standard InChI is InChI=1S/C23H29BCl2N2O8/c1-13(2)7-14(8-16(29)12-27-21(32)17-9-15(25)5-6-18(17)26)24-35-20(31)11-23(36-24,22(33)34)10-19(30)28(3)4/h5-6,9,13-14H,7-8,10-12H2,1-4H3,(H,27,32)(H,33,34)/t14-,23+/m1/s1. The van der Waals surface area contributed by atoms with Gasteiger partial charge in [-0.3, -0.25) is 19.2 Å². The van der Waals surface area contributed by atoms with Crippen molar-refractivity contribution in [1.82, 2.24) is 10.2 Å². The van der Waals surface area contributed by atoms with E-state index in [9.17, 15) is 29.1 Å². The number of carbonyl (C=O) groups is 5. The molecule has 1 saturated heterocycles. The number of carboxylic acid groups (broad SMARTS) is 1. The van der Waals surface area contributed by atoms with Crippen molar-refractivity contribution in [2.24, 2.45) is 5.92 Å². The summed E-state index contributed by atoms with van der Waals surface area (Å²) in [5.41, 5.74) is -2.01. The molecule has 10 nitrogen and oxygen atoms in total. The molecule has 1 aromatic rings. The monoisotopic (exact) mass is 542 g/mol. The van der Waals surface area contributed by atoms with Gasteiger partial charge in [-0.05, 0) is 30.5 Å². The minimum atomic E-state index is -2.11. The van der Waals surface area contributed by atoms with Gasteiger partial charge in [0.2, 0.25) is 5.91 Å². The summed E-state index contributed by atoms with van der Waals surface area (Å²) >= 11 is 11.9. The fourth-order valence-corrected chi connectivity index (χ4v) is 4.17. The number of hydrogen-bond acceptors (Lipinski definition) is 7. The van der Waals surface area contributed by atoms with Crippen molar-refractivity contribution < 1.29 is 38.4 Å². The zero-order chi connectivity index (χ0) is 27.2. The Bertz CT molecular complexity index is 1040. The van der Waals surface area contributed by atoms with Crippen LogP contribution in [0.4, 0.5) is 0 Å². The highest BCUT2D eigenvalue weighted by molar-refractivity contribution is 6.50. The maximum Gasteiger partial charge on any atom is 0.531 e. The number of amides is 2. The zero-order valence-corrected chi connectivity index (χ0v) is 22.0. The predicted molar refractivity (Wildman–Crippen MR) is 133 cm³/mol. The van der Waals surface area contributed by atoms with Crippen molar-refractivity contribution in [3.63, 3.8) is 0 Å². The lowest BCUT2D eigenvalue weighted by molar-refractivity contribution is -0.173. The van der Waals surface area contributed by atoms with Crippen molar-refractivity contribution in [3.05, 3.63) is 33.8 Å². The van der Waals surface area contributed by atoms with Crippen LogP contribution in [0.5, 0.6) is 0 Å². The van der Waals surface area contributed by atoms with Crippen LogP contribution in [0, 0.1) is 5.92 Å². The minimum absolute atomic E-state index is 0.0366. The highest BCUT2D eigenvalue weighted by Gasteiger charge is 2.54. The molecular formula is C23H29BCl2N2O8. The third-order valence-electron chi connectivity index (χ3n) is 5.61. The number of nitrogens with zero attached hydrogens (tertiary/aromatic N) is 1. The number of nitrogens with one attached hydrogen (secondary N) is 1. The van der Waals surface area contributed by atoms with Crippen molar-refractivity contribution in [2.75, 3.05) is 20.6 Å². The fraction of sp³-hybridized carbons (Fsp3) is 0.522. The quantitative estimate of drug-likeness (QED) is 0.407. The van der Waals surface area contributed by atoms with Gasteiger partial charge < -0.3 is 24.6 Å². The molecule has 13 heteroatoms. The van der Waals surface area contributed by atoms with E-state index in [4.69, 9.17) is 32.5 Å². The molecule has 1 fully saturated rings. The highest BCUT2D eigenvalue weighted by Crippen LogP contribution is 2.36. The van der Waals surface area contributed by atoms with Crippen LogP contribution in [0.1, 0.15) is 49.9 Å². The van der Waals surface area contributed by atoms with E-state index in [0.717, 1.165) is 0 Å². The van der Waals surface area contributed by atoms with Crippen LogP contribution in [-0.2, 0) is 28.5 Å². The van der Waals surface area contributed by atoms with Crippen molar-refractivity contribution in [1.29, 1.82) is 0 Å². The molecule has 2 atom stereocenters. The van der Waals surface area contributed by atoms with Gasteiger partial charge in [-0.15, -0.1) is 0 Å². The van der Waals surface area contributed by atoms with E-state index in [1.54, 1.807) is 0 Å². The van der Waals surface area contributed by atoms with E-state index >= 15 is 0 Å². The number of aliphatic carboxylic acids is 1. The molecule has 0 spiro atoms. The van der Waals surface area contributed by atoms with Crippen LogP contribution in [0.3, 0.4) is 0 Å². The van der Waals surface area contributed by atoms with E-state index in [-0.39, 0.29) is 29.5 Å². The Kier molecular flexibility index (Phi) is 10.3. The Labute approximate surface area is 219 Å². The van der Waals surface area contributed by atoms with Gasteiger partial charge in [0.05, 0.1) is 30.0 Å². The minimum Gasteiger partial charge on any atom is -0.509 e. The van der Waals surface area contributed by atoms with Gasteiger partial charge in [-0.2, -0.15) is 0 Å². The van der Waals surface area contributed by atoms with Crippen molar-refractivity contribution in [3.8, 4) is 0 Å². The lowest BCUT2D eigenvalue weighted by Gasteiger charge is -2.38. The maximum absolute atomic E-state index is 12.8. The molecule has 36 heavy (non-hydrogen) atoms. The topological polar surface area (TPSA) is 139 Å². The number of hydrogen-bond donors (Lipinski definition) is 2. The van der Waals surface area contributed by atoms with Crippen LogP contribution in [0.25, 0.3) is 0 Å². The summed E-state index contributed by atoms with van der Waals surface area (Å²) in [5.74, 6) is -4.52. The first kappa shape index (κ1) is 29.6. The van der Waals surface area contributed by atoms with Crippen molar-refractivity contribution in [2.45, 2.75) is 50.9 Å².